The molecule has 106 valence electrons. The third-order valence-corrected chi connectivity index (χ3v) is 5.21. The van der Waals surface area contributed by atoms with Gasteiger partial charge in [0.05, 0.1) is 10.4 Å². The van der Waals surface area contributed by atoms with Gasteiger partial charge in [0.2, 0.25) is 11.8 Å². The third kappa shape index (κ3) is 1.86. The summed E-state index contributed by atoms with van der Waals surface area (Å²) in [5.74, 6) is -0.467. The molecule has 0 radical (unpaired) electrons. The molecule has 1 aromatic carbocycles. The van der Waals surface area contributed by atoms with Crippen LogP contribution in [0.25, 0.3) is 0 Å². The number of fused-ring (bicyclic) bond motifs is 2. The van der Waals surface area contributed by atoms with E-state index in [-0.39, 0.29) is 11.8 Å². The van der Waals surface area contributed by atoms with Crippen LogP contribution in [0.15, 0.2) is 16.6 Å². The number of hydrogen-bond acceptors (Lipinski definition) is 3. The minimum Gasteiger partial charge on any atom is -0.387 e. The maximum Gasteiger partial charge on any atom is 0.248 e. The summed E-state index contributed by atoms with van der Waals surface area (Å²) < 4.78 is 0.723. The van der Waals surface area contributed by atoms with E-state index in [0.29, 0.717) is 30.2 Å². The quantitative estimate of drug-likeness (QED) is 0.799. The summed E-state index contributed by atoms with van der Waals surface area (Å²) in [6.45, 7) is 0.223. The number of benzene rings is 1. The summed E-state index contributed by atoms with van der Waals surface area (Å²) in [7, 11) is 0. The monoisotopic (exact) mass is 358 g/mol. The van der Waals surface area contributed by atoms with E-state index in [9.17, 15) is 9.59 Å². The standard InChI is InChI=1S/C13H12BrClN2O3/c14-8-3-7-10(4-9(8)15)16-12(20)13(7)1-2-17(6-13)11(19)5-18/h3-4,18H,1-2,5-6H2,(H,16,20)/t13-/m1/s1. The number of rotatable bonds is 1. The largest absolute Gasteiger partial charge is 0.387 e. The van der Waals surface area contributed by atoms with E-state index in [1.807, 2.05) is 6.07 Å². The van der Waals surface area contributed by atoms with Crippen molar-refractivity contribution in [2.24, 2.45) is 0 Å². The van der Waals surface area contributed by atoms with E-state index in [2.05, 4.69) is 21.2 Å². The van der Waals surface area contributed by atoms with Gasteiger partial charge >= 0.3 is 0 Å². The Labute approximate surface area is 129 Å². The van der Waals surface area contributed by atoms with E-state index < -0.39 is 12.0 Å². The van der Waals surface area contributed by atoms with Gasteiger partial charge in [-0.15, -0.1) is 0 Å². The van der Waals surface area contributed by atoms with Crippen molar-refractivity contribution in [1.82, 2.24) is 4.90 Å². The van der Waals surface area contributed by atoms with Crippen LogP contribution in [0, 0.1) is 0 Å². The summed E-state index contributed by atoms with van der Waals surface area (Å²) in [5, 5.41) is 12.3. The van der Waals surface area contributed by atoms with Gasteiger partial charge in [0.15, 0.2) is 0 Å². The molecular weight excluding hydrogens is 348 g/mol. The third-order valence-electron chi connectivity index (χ3n) is 4.02. The lowest BCUT2D eigenvalue weighted by Crippen LogP contribution is -2.40. The molecule has 0 bridgehead atoms. The number of aliphatic hydroxyl groups is 1. The Morgan fingerprint density at radius 3 is 3.00 bits per heavy atom. The molecule has 2 aliphatic rings. The number of aliphatic hydroxyl groups excluding tert-OH is 1. The van der Waals surface area contributed by atoms with Crippen LogP contribution in [0.2, 0.25) is 5.02 Å². The van der Waals surface area contributed by atoms with Crippen LogP contribution in [0.4, 0.5) is 5.69 Å². The number of amides is 2. The molecule has 0 unspecified atom stereocenters. The first-order valence-electron chi connectivity index (χ1n) is 6.17. The van der Waals surface area contributed by atoms with Gasteiger partial charge in [0, 0.05) is 23.2 Å². The fraction of sp³-hybridized carbons (Fsp3) is 0.385. The van der Waals surface area contributed by atoms with Crippen molar-refractivity contribution in [1.29, 1.82) is 0 Å². The number of nitrogens with zero attached hydrogens (tertiary/aromatic N) is 1. The maximum atomic E-state index is 12.4. The molecule has 0 saturated carbocycles. The van der Waals surface area contributed by atoms with Crippen molar-refractivity contribution >= 4 is 45.0 Å². The highest BCUT2D eigenvalue weighted by Crippen LogP contribution is 2.46. The molecule has 3 rings (SSSR count). The molecule has 2 amide bonds. The molecular formula is C13H12BrClN2O3. The summed E-state index contributed by atoms with van der Waals surface area (Å²) in [6.07, 6.45) is 0.547. The Hall–Kier alpha value is -1.11. The molecule has 2 N–H and O–H groups in total. The first-order chi connectivity index (χ1) is 9.48. The smallest absolute Gasteiger partial charge is 0.248 e. The van der Waals surface area contributed by atoms with Crippen LogP contribution in [0.3, 0.4) is 0 Å². The fourth-order valence-corrected chi connectivity index (χ4v) is 3.45. The van der Waals surface area contributed by atoms with Gasteiger partial charge in [0.25, 0.3) is 0 Å². The number of carbonyl (C=O) groups excluding carboxylic acids is 2. The predicted octanol–water partition coefficient (Wildman–Crippen LogP) is 1.52. The molecule has 1 fully saturated rings. The molecule has 1 aromatic rings. The molecule has 1 saturated heterocycles. The molecule has 1 atom stereocenters. The number of halogens is 2. The zero-order chi connectivity index (χ0) is 14.5. The van der Waals surface area contributed by atoms with Gasteiger partial charge < -0.3 is 15.3 Å². The lowest BCUT2D eigenvalue weighted by Gasteiger charge is -2.22. The average molecular weight is 360 g/mol. The summed E-state index contributed by atoms with van der Waals surface area (Å²) in [6, 6.07) is 3.55. The first-order valence-corrected chi connectivity index (χ1v) is 7.34. The topological polar surface area (TPSA) is 69.6 Å². The Morgan fingerprint density at radius 1 is 1.55 bits per heavy atom. The molecule has 20 heavy (non-hydrogen) atoms. The number of hydrogen-bond donors (Lipinski definition) is 2. The Balaban J connectivity index is 2.03. The highest BCUT2D eigenvalue weighted by molar-refractivity contribution is 9.10. The summed E-state index contributed by atoms with van der Waals surface area (Å²) in [4.78, 5) is 25.5. The lowest BCUT2D eigenvalue weighted by molar-refractivity contribution is -0.133. The van der Waals surface area contributed by atoms with E-state index in [0.717, 1.165) is 10.0 Å². The highest BCUT2D eigenvalue weighted by atomic mass is 79.9. The number of nitrogens with one attached hydrogen (secondary N) is 1. The van der Waals surface area contributed by atoms with Crippen molar-refractivity contribution in [3.63, 3.8) is 0 Å². The van der Waals surface area contributed by atoms with Crippen molar-refractivity contribution in [2.75, 3.05) is 25.0 Å². The predicted molar refractivity (Wildman–Crippen MR) is 77.7 cm³/mol. The molecule has 5 nitrogen and oxygen atoms in total. The Morgan fingerprint density at radius 2 is 2.30 bits per heavy atom. The average Bonchev–Trinajstić information content (AvgIpc) is 2.97. The maximum absolute atomic E-state index is 12.4. The normalized spacial score (nSPS) is 24.1. The molecule has 2 aliphatic heterocycles. The van der Waals surface area contributed by atoms with E-state index in [1.165, 1.54) is 4.90 Å². The minimum absolute atomic E-state index is 0.116. The second kappa shape index (κ2) is 4.72. The van der Waals surface area contributed by atoms with Gasteiger partial charge in [-0.1, -0.05) is 11.6 Å². The number of anilines is 1. The van der Waals surface area contributed by atoms with Crippen LogP contribution in [-0.2, 0) is 15.0 Å². The van der Waals surface area contributed by atoms with Gasteiger partial charge in [-0.05, 0) is 40.0 Å². The second-order valence-electron chi connectivity index (χ2n) is 5.07. The zero-order valence-corrected chi connectivity index (χ0v) is 12.8. The highest BCUT2D eigenvalue weighted by Gasteiger charge is 2.52. The summed E-state index contributed by atoms with van der Waals surface area (Å²) in [5.41, 5.74) is 0.821. The van der Waals surface area contributed by atoms with Crippen LogP contribution < -0.4 is 5.32 Å². The van der Waals surface area contributed by atoms with Crippen molar-refractivity contribution < 1.29 is 14.7 Å². The van der Waals surface area contributed by atoms with Gasteiger partial charge in [-0.3, -0.25) is 9.59 Å². The number of carbonyl (C=O) groups is 2. The molecule has 2 heterocycles. The van der Waals surface area contributed by atoms with E-state index >= 15 is 0 Å². The first kappa shape index (κ1) is 13.9. The second-order valence-corrected chi connectivity index (χ2v) is 6.33. The van der Waals surface area contributed by atoms with Crippen LogP contribution in [0.1, 0.15) is 12.0 Å². The summed E-state index contributed by atoms with van der Waals surface area (Å²) >= 11 is 9.41. The Kier molecular flexibility index (Phi) is 3.27. The van der Waals surface area contributed by atoms with Crippen molar-refractivity contribution in [2.45, 2.75) is 11.8 Å². The van der Waals surface area contributed by atoms with Gasteiger partial charge in [0.1, 0.15) is 6.61 Å². The van der Waals surface area contributed by atoms with Crippen LogP contribution >= 0.6 is 27.5 Å². The van der Waals surface area contributed by atoms with Gasteiger partial charge in [-0.2, -0.15) is 0 Å². The van der Waals surface area contributed by atoms with Crippen LogP contribution in [0.5, 0.6) is 0 Å². The zero-order valence-electron chi connectivity index (χ0n) is 10.4. The van der Waals surface area contributed by atoms with Crippen molar-refractivity contribution in [3.05, 3.63) is 27.2 Å². The lowest BCUT2D eigenvalue weighted by atomic mass is 9.81. The minimum atomic E-state index is -0.729. The SMILES string of the molecule is O=C(CO)N1CC[C@]2(C1)C(=O)Nc1cc(Cl)c(Br)cc12. The molecule has 0 aliphatic carbocycles. The number of likely N-dealkylation sites (tertiary alicyclic amines) is 1. The van der Waals surface area contributed by atoms with Crippen LogP contribution in [-0.4, -0.2) is 41.5 Å². The molecule has 0 aromatic heterocycles. The van der Waals surface area contributed by atoms with E-state index in [4.69, 9.17) is 16.7 Å². The van der Waals surface area contributed by atoms with Gasteiger partial charge in [-0.25, -0.2) is 0 Å². The van der Waals surface area contributed by atoms with Crippen molar-refractivity contribution in [3.8, 4) is 0 Å². The van der Waals surface area contributed by atoms with E-state index in [1.54, 1.807) is 6.07 Å². The fourth-order valence-electron chi connectivity index (χ4n) is 2.94. The Bertz CT molecular complexity index is 622. The molecule has 1 spiro atoms. The molecule has 7 heteroatoms.